The van der Waals surface area contributed by atoms with E-state index in [1.165, 1.54) is 6.07 Å². The smallest absolute Gasteiger partial charge is 0.232 e. The molecule has 0 saturated carbocycles. The van der Waals surface area contributed by atoms with Gasteiger partial charge in [-0.2, -0.15) is 0 Å². The van der Waals surface area contributed by atoms with E-state index in [1.807, 2.05) is 33.8 Å². The van der Waals surface area contributed by atoms with Crippen LogP contribution >= 0.6 is 0 Å². The number of carbonyl (C=O) groups excluding carboxylic acids is 1. The molecule has 3 N–H and O–H groups in total. The fraction of sp³-hybridized carbons (Fsp3) is 0.533. The number of anilines is 1. The van der Waals surface area contributed by atoms with Gasteiger partial charge in [-0.25, -0.2) is 4.39 Å². The van der Waals surface area contributed by atoms with Crippen molar-refractivity contribution in [1.29, 1.82) is 0 Å². The van der Waals surface area contributed by atoms with Crippen molar-refractivity contribution in [3.05, 3.63) is 29.1 Å². The Labute approximate surface area is 113 Å². The van der Waals surface area contributed by atoms with Crippen LogP contribution in [-0.4, -0.2) is 5.91 Å². The van der Waals surface area contributed by atoms with E-state index in [9.17, 15) is 9.18 Å². The summed E-state index contributed by atoms with van der Waals surface area (Å²) in [5, 5.41) is 2.62. The first-order valence-corrected chi connectivity index (χ1v) is 6.65. The van der Waals surface area contributed by atoms with Gasteiger partial charge in [0.05, 0.1) is 11.6 Å². The summed E-state index contributed by atoms with van der Waals surface area (Å²) in [6.45, 7) is 7.98. The zero-order valence-corrected chi connectivity index (χ0v) is 11.9. The minimum absolute atomic E-state index is 0.127. The van der Waals surface area contributed by atoms with Gasteiger partial charge in [0.1, 0.15) is 5.82 Å². The lowest BCUT2D eigenvalue weighted by Crippen LogP contribution is -2.26. The van der Waals surface area contributed by atoms with Crippen LogP contribution in [0.3, 0.4) is 0 Å². The Kier molecular flexibility index (Phi) is 3.39. The molecule has 0 fully saturated rings. The zero-order chi connectivity index (χ0) is 14.4. The lowest BCUT2D eigenvalue weighted by atomic mass is 9.82. The molecule has 1 aliphatic rings. The maximum Gasteiger partial charge on any atom is 0.232 e. The molecule has 3 nitrogen and oxygen atoms in total. The Morgan fingerprint density at radius 1 is 1.42 bits per heavy atom. The molecule has 1 aromatic carbocycles. The summed E-state index contributed by atoms with van der Waals surface area (Å²) >= 11 is 0. The van der Waals surface area contributed by atoms with Gasteiger partial charge >= 0.3 is 0 Å². The van der Waals surface area contributed by atoms with Gasteiger partial charge in [-0.15, -0.1) is 0 Å². The maximum atomic E-state index is 14.1. The molecule has 1 aromatic rings. The van der Waals surface area contributed by atoms with Gasteiger partial charge in [0.15, 0.2) is 0 Å². The van der Waals surface area contributed by atoms with Gasteiger partial charge in [-0.05, 0) is 29.0 Å². The van der Waals surface area contributed by atoms with E-state index >= 15 is 0 Å². The van der Waals surface area contributed by atoms with Crippen LogP contribution in [-0.2, 0) is 4.79 Å². The Hall–Kier alpha value is -1.42. The summed E-state index contributed by atoms with van der Waals surface area (Å²) in [6, 6.07) is 3.05. The predicted molar refractivity (Wildman–Crippen MR) is 74.4 cm³/mol. The third-order valence-electron chi connectivity index (χ3n) is 3.78. The molecule has 0 radical (unpaired) electrons. The molecule has 0 aliphatic carbocycles. The monoisotopic (exact) mass is 264 g/mol. The number of hydrogen-bond donors (Lipinski definition) is 2. The first kappa shape index (κ1) is 14.0. The average molecular weight is 264 g/mol. The van der Waals surface area contributed by atoms with E-state index < -0.39 is 5.82 Å². The van der Waals surface area contributed by atoms with E-state index in [2.05, 4.69) is 5.32 Å². The van der Waals surface area contributed by atoms with Crippen LogP contribution in [0.15, 0.2) is 12.1 Å². The van der Waals surface area contributed by atoms with Crippen molar-refractivity contribution in [2.75, 3.05) is 5.32 Å². The SMILES string of the molecule is CCC1C(=O)Nc2c(F)cc(C(N)C(C)(C)C)cc21. The summed E-state index contributed by atoms with van der Waals surface area (Å²) in [6.07, 6.45) is 0.659. The highest BCUT2D eigenvalue weighted by Gasteiger charge is 2.33. The molecule has 104 valence electrons. The van der Waals surface area contributed by atoms with Crippen molar-refractivity contribution >= 4 is 11.6 Å². The Bertz CT molecular complexity index is 520. The molecule has 0 spiro atoms. The number of nitrogens with two attached hydrogens (primary N) is 1. The molecule has 1 aliphatic heterocycles. The van der Waals surface area contributed by atoms with Crippen LogP contribution in [0.4, 0.5) is 10.1 Å². The highest BCUT2D eigenvalue weighted by Crippen LogP contribution is 2.40. The number of benzene rings is 1. The lowest BCUT2D eigenvalue weighted by Gasteiger charge is -2.28. The molecule has 19 heavy (non-hydrogen) atoms. The normalized spacial score (nSPS) is 20.1. The van der Waals surface area contributed by atoms with E-state index in [0.29, 0.717) is 12.1 Å². The third kappa shape index (κ3) is 2.37. The van der Waals surface area contributed by atoms with Gasteiger partial charge in [0.25, 0.3) is 0 Å². The summed E-state index contributed by atoms with van der Waals surface area (Å²) in [4.78, 5) is 11.8. The maximum absolute atomic E-state index is 14.1. The van der Waals surface area contributed by atoms with E-state index in [0.717, 1.165) is 11.1 Å². The number of halogens is 1. The molecule has 2 rings (SSSR count). The van der Waals surface area contributed by atoms with Gasteiger partial charge in [0.2, 0.25) is 5.91 Å². The van der Waals surface area contributed by atoms with Crippen molar-refractivity contribution in [3.8, 4) is 0 Å². The van der Waals surface area contributed by atoms with Crippen LogP contribution in [0.25, 0.3) is 0 Å². The first-order valence-electron chi connectivity index (χ1n) is 6.65. The molecule has 1 amide bonds. The molecular formula is C15H21FN2O. The molecular weight excluding hydrogens is 243 g/mol. The summed E-state index contributed by atoms with van der Waals surface area (Å²) in [5.74, 6) is -0.786. The molecule has 1 heterocycles. The zero-order valence-electron chi connectivity index (χ0n) is 11.9. The molecule has 2 atom stereocenters. The first-order chi connectivity index (χ1) is 8.75. The number of hydrogen-bond acceptors (Lipinski definition) is 2. The lowest BCUT2D eigenvalue weighted by molar-refractivity contribution is -0.117. The van der Waals surface area contributed by atoms with E-state index in [1.54, 1.807) is 0 Å². The molecule has 0 saturated heterocycles. The quantitative estimate of drug-likeness (QED) is 0.861. The molecule has 0 bridgehead atoms. The minimum Gasteiger partial charge on any atom is -0.324 e. The Morgan fingerprint density at radius 2 is 2.05 bits per heavy atom. The fourth-order valence-electron chi connectivity index (χ4n) is 2.49. The summed E-state index contributed by atoms with van der Waals surface area (Å²) in [5.41, 5.74) is 7.84. The summed E-state index contributed by atoms with van der Waals surface area (Å²) < 4.78 is 14.1. The Balaban J connectivity index is 2.50. The fourth-order valence-corrected chi connectivity index (χ4v) is 2.49. The van der Waals surface area contributed by atoms with Crippen molar-refractivity contribution < 1.29 is 9.18 Å². The van der Waals surface area contributed by atoms with Crippen molar-refractivity contribution in [2.24, 2.45) is 11.1 Å². The van der Waals surface area contributed by atoms with Crippen molar-refractivity contribution in [1.82, 2.24) is 0 Å². The number of carbonyl (C=O) groups is 1. The van der Waals surface area contributed by atoms with Gasteiger partial charge < -0.3 is 11.1 Å². The van der Waals surface area contributed by atoms with Gasteiger partial charge in [-0.3, -0.25) is 4.79 Å². The van der Waals surface area contributed by atoms with Crippen LogP contribution in [0.2, 0.25) is 0 Å². The van der Waals surface area contributed by atoms with Crippen molar-refractivity contribution in [2.45, 2.75) is 46.1 Å². The van der Waals surface area contributed by atoms with E-state index in [4.69, 9.17) is 5.73 Å². The predicted octanol–water partition coefficient (Wildman–Crippen LogP) is 3.32. The third-order valence-corrected chi connectivity index (χ3v) is 3.78. The highest BCUT2D eigenvalue weighted by molar-refractivity contribution is 6.03. The molecule has 0 aromatic heterocycles. The van der Waals surface area contributed by atoms with Crippen LogP contribution in [0.1, 0.15) is 57.2 Å². The second-order valence-electron chi connectivity index (χ2n) is 6.26. The average Bonchev–Trinajstić information content (AvgIpc) is 2.63. The highest BCUT2D eigenvalue weighted by atomic mass is 19.1. The van der Waals surface area contributed by atoms with Crippen LogP contribution in [0.5, 0.6) is 0 Å². The summed E-state index contributed by atoms with van der Waals surface area (Å²) in [7, 11) is 0. The van der Waals surface area contributed by atoms with E-state index in [-0.39, 0.29) is 23.3 Å². The number of amides is 1. The molecule has 2 unspecified atom stereocenters. The van der Waals surface area contributed by atoms with Crippen LogP contribution < -0.4 is 11.1 Å². The van der Waals surface area contributed by atoms with Crippen LogP contribution in [0, 0.1) is 11.2 Å². The van der Waals surface area contributed by atoms with Gasteiger partial charge in [0, 0.05) is 6.04 Å². The number of nitrogens with one attached hydrogen (secondary N) is 1. The second kappa shape index (κ2) is 4.60. The van der Waals surface area contributed by atoms with Gasteiger partial charge in [-0.1, -0.05) is 33.8 Å². The minimum atomic E-state index is -0.392. The number of fused-ring (bicyclic) bond motifs is 1. The number of rotatable bonds is 2. The standard InChI is InChI=1S/C15H21FN2O/c1-5-9-10-6-8(13(17)15(2,3)4)7-11(16)12(10)18-14(9)19/h6-7,9,13H,5,17H2,1-4H3,(H,18,19). The second-order valence-corrected chi connectivity index (χ2v) is 6.26. The largest absolute Gasteiger partial charge is 0.324 e. The Morgan fingerprint density at radius 3 is 2.58 bits per heavy atom. The topological polar surface area (TPSA) is 55.1 Å². The van der Waals surface area contributed by atoms with Crippen molar-refractivity contribution in [3.63, 3.8) is 0 Å². The molecule has 4 heteroatoms.